The molecule has 2 saturated heterocycles. The zero-order valence-electron chi connectivity index (χ0n) is 25.8. The first kappa shape index (κ1) is 31.6. The molecule has 1 aromatic heterocycles. The van der Waals surface area contributed by atoms with Gasteiger partial charge in [0.25, 0.3) is 0 Å². The zero-order chi connectivity index (χ0) is 30.8. The number of aromatic nitrogens is 2. The third kappa shape index (κ3) is 6.96. The number of anilines is 2. The average Bonchev–Trinajstić information content (AvgIpc) is 2.98. The van der Waals surface area contributed by atoms with E-state index < -0.39 is 15.8 Å². The molecule has 236 valence electrons. The Labute approximate surface area is 255 Å². The van der Waals surface area contributed by atoms with Crippen LogP contribution in [0.1, 0.15) is 59.3 Å². The maximum absolute atomic E-state index is 14.3. The molecule has 5 rings (SSSR count). The molecule has 0 radical (unpaired) electrons. The molecule has 1 saturated carbocycles. The van der Waals surface area contributed by atoms with Gasteiger partial charge in [-0.05, 0) is 83.6 Å². The predicted molar refractivity (Wildman–Crippen MR) is 165 cm³/mol. The monoisotopic (exact) mass is 616 g/mol. The lowest BCUT2D eigenvalue weighted by molar-refractivity contribution is -0.121. The van der Waals surface area contributed by atoms with Crippen LogP contribution in [-0.4, -0.2) is 80.8 Å². The van der Waals surface area contributed by atoms with Crippen molar-refractivity contribution in [1.82, 2.24) is 19.6 Å². The molecule has 3 fully saturated rings. The molecular weight excluding hydrogens is 571 g/mol. The van der Waals surface area contributed by atoms with Gasteiger partial charge in [-0.1, -0.05) is 13.8 Å². The number of carbonyl (C=O) groups excluding carboxylic acids is 1. The Hall–Kier alpha value is -2.83. The Morgan fingerprint density at radius 2 is 1.86 bits per heavy atom. The van der Waals surface area contributed by atoms with Gasteiger partial charge in [0.1, 0.15) is 12.1 Å². The van der Waals surface area contributed by atoms with Crippen LogP contribution in [-0.2, 0) is 14.8 Å². The summed E-state index contributed by atoms with van der Waals surface area (Å²) in [6, 6.07) is 4.22. The molecule has 0 unspecified atom stereocenters. The number of sulfonamides is 1. The number of likely N-dealkylation sites (tertiary alicyclic amines) is 1. The first-order valence-corrected chi connectivity index (χ1v) is 17.1. The maximum Gasteiger partial charge on any atom is 0.229 e. The Morgan fingerprint density at radius 1 is 1.16 bits per heavy atom. The summed E-state index contributed by atoms with van der Waals surface area (Å²) in [5.41, 5.74) is 0.627. The van der Waals surface area contributed by atoms with Crippen molar-refractivity contribution in [3.63, 3.8) is 0 Å². The summed E-state index contributed by atoms with van der Waals surface area (Å²) in [4.78, 5) is 27.9. The van der Waals surface area contributed by atoms with Crippen molar-refractivity contribution in [3.8, 4) is 11.5 Å². The summed E-state index contributed by atoms with van der Waals surface area (Å²) in [6.07, 6.45) is 8.78. The molecule has 1 N–H and O–H groups in total. The van der Waals surface area contributed by atoms with E-state index in [9.17, 15) is 17.6 Å². The third-order valence-corrected chi connectivity index (χ3v) is 11.4. The lowest BCUT2D eigenvalue weighted by Crippen LogP contribution is -2.61. The van der Waals surface area contributed by atoms with Gasteiger partial charge in [-0.15, -0.1) is 0 Å². The number of hydrogen-bond donors (Lipinski definition) is 1. The molecule has 3 aliphatic rings. The van der Waals surface area contributed by atoms with Crippen molar-refractivity contribution in [3.05, 3.63) is 36.5 Å². The number of nitrogens with zero attached hydrogens (tertiary/aromatic N) is 5. The second-order valence-corrected chi connectivity index (χ2v) is 14.9. The number of piperidine rings is 1. The Kier molecular flexibility index (Phi) is 9.58. The summed E-state index contributed by atoms with van der Waals surface area (Å²) in [6.45, 7) is 10.8. The number of carbonyl (C=O) groups is 1. The van der Waals surface area contributed by atoms with Gasteiger partial charge in [-0.3, -0.25) is 4.79 Å². The van der Waals surface area contributed by atoms with Crippen LogP contribution in [0.2, 0.25) is 0 Å². The number of benzene rings is 1. The molecule has 1 amide bonds. The Balaban J connectivity index is 1.18. The molecule has 0 atom stereocenters. The van der Waals surface area contributed by atoms with Crippen molar-refractivity contribution in [2.24, 2.45) is 17.3 Å². The van der Waals surface area contributed by atoms with E-state index in [4.69, 9.17) is 4.74 Å². The van der Waals surface area contributed by atoms with Crippen LogP contribution >= 0.6 is 0 Å². The average molecular weight is 617 g/mol. The number of amides is 1. The molecule has 1 aliphatic carbocycles. The highest BCUT2D eigenvalue weighted by molar-refractivity contribution is 7.90. The van der Waals surface area contributed by atoms with Gasteiger partial charge in [-0.2, -0.15) is 0 Å². The number of nitrogens with one attached hydrogen (secondary N) is 1. The van der Waals surface area contributed by atoms with Crippen LogP contribution in [0.4, 0.5) is 15.9 Å². The minimum absolute atomic E-state index is 0.104. The van der Waals surface area contributed by atoms with E-state index in [-0.39, 0.29) is 22.5 Å². The summed E-state index contributed by atoms with van der Waals surface area (Å²) in [5.74, 6) is 1.34. The first-order chi connectivity index (χ1) is 20.5. The Morgan fingerprint density at radius 3 is 2.49 bits per heavy atom. The predicted octanol–water partition coefficient (Wildman–Crippen LogP) is 4.43. The van der Waals surface area contributed by atoms with Crippen LogP contribution in [0.25, 0.3) is 0 Å². The fourth-order valence-corrected chi connectivity index (χ4v) is 8.10. The second-order valence-electron chi connectivity index (χ2n) is 12.7. The zero-order valence-corrected chi connectivity index (χ0v) is 26.6. The van der Waals surface area contributed by atoms with Crippen molar-refractivity contribution in [2.45, 2.75) is 64.5 Å². The number of halogens is 1. The molecule has 2 aromatic rings. The fourth-order valence-electron chi connectivity index (χ4n) is 6.88. The number of rotatable bonds is 10. The van der Waals surface area contributed by atoms with Gasteiger partial charge < -0.3 is 19.4 Å². The van der Waals surface area contributed by atoms with Crippen LogP contribution in [0.3, 0.4) is 0 Å². The highest BCUT2D eigenvalue weighted by Crippen LogP contribution is 2.46. The molecule has 1 aromatic carbocycles. The number of hydrogen-bond acceptors (Lipinski definition) is 8. The van der Waals surface area contributed by atoms with Crippen molar-refractivity contribution < 1.29 is 22.3 Å². The SMILES string of the molecule is CCN(C(=O)C(C)C)c1cc(F)ccc1Oc1cncnc1N1CC2(CCN(CC3CCC(S(=O)(=O)NC)CC3)CC2)C1. The van der Waals surface area contributed by atoms with Crippen molar-refractivity contribution in [1.29, 1.82) is 0 Å². The highest BCUT2D eigenvalue weighted by Gasteiger charge is 2.46. The van der Waals surface area contributed by atoms with Crippen molar-refractivity contribution in [2.75, 3.05) is 56.1 Å². The molecule has 12 heteroatoms. The lowest BCUT2D eigenvalue weighted by atomic mass is 9.71. The molecule has 10 nitrogen and oxygen atoms in total. The molecule has 2 aliphatic heterocycles. The quantitative estimate of drug-likeness (QED) is 0.418. The van der Waals surface area contributed by atoms with Gasteiger partial charge in [0.2, 0.25) is 15.9 Å². The lowest BCUT2D eigenvalue weighted by Gasteiger charge is -2.54. The molecular formula is C31H45FN6O4S. The van der Waals surface area contributed by atoms with E-state index in [0.717, 1.165) is 71.2 Å². The van der Waals surface area contributed by atoms with E-state index in [1.54, 1.807) is 17.2 Å². The largest absolute Gasteiger partial charge is 0.450 e. The van der Waals surface area contributed by atoms with Gasteiger partial charge in [0.15, 0.2) is 17.3 Å². The molecule has 3 heterocycles. The summed E-state index contributed by atoms with van der Waals surface area (Å²) in [5, 5.41) is -0.252. The minimum Gasteiger partial charge on any atom is -0.450 e. The third-order valence-electron chi connectivity index (χ3n) is 9.47. The van der Waals surface area contributed by atoms with Crippen LogP contribution < -0.4 is 19.3 Å². The molecule has 0 bridgehead atoms. The maximum atomic E-state index is 14.3. The van der Waals surface area contributed by atoms with E-state index in [0.29, 0.717) is 35.5 Å². The van der Waals surface area contributed by atoms with Gasteiger partial charge >= 0.3 is 0 Å². The van der Waals surface area contributed by atoms with E-state index in [1.165, 1.54) is 25.5 Å². The highest BCUT2D eigenvalue weighted by atomic mass is 32.2. The van der Waals surface area contributed by atoms with Crippen LogP contribution in [0, 0.1) is 23.1 Å². The molecule has 43 heavy (non-hydrogen) atoms. The van der Waals surface area contributed by atoms with Crippen LogP contribution in [0.5, 0.6) is 11.5 Å². The topological polar surface area (TPSA) is 108 Å². The molecule has 1 spiro atoms. The van der Waals surface area contributed by atoms with Gasteiger partial charge in [-0.25, -0.2) is 27.5 Å². The minimum atomic E-state index is -3.17. The second kappa shape index (κ2) is 13.0. The standard InChI is InChI=1S/C31H45FN6O4S/c1-5-38(30(39)22(2)3)26-16-24(32)8-11-27(26)42-28-17-34-21-35-29(28)37-19-31(20-37)12-14-36(15-13-31)18-23-6-9-25(10-7-23)43(40,41)33-4/h8,11,16-17,21-23,25,33H,5-7,9-10,12-15,18-20H2,1-4H3. The van der Waals surface area contributed by atoms with Crippen molar-refractivity contribution >= 4 is 27.4 Å². The van der Waals surface area contributed by atoms with E-state index in [1.807, 2.05) is 20.8 Å². The van der Waals surface area contributed by atoms with Gasteiger partial charge in [0, 0.05) is 43.6 Å². The fraction of sp³-hybridized carbons (Fsp3) is 0.645. The smallest absolute Gasteiger partial charge is 0.229 e. The summed E-state index contributed by atoms with van der Waals surface area (Å²) in [7, 11) is -1.67. The first-order valence-electron chi connectivity index (χ1n) is 15.5. The number of ether oxygens (including phenoxy) is 1. The van der Waals surface area contributed by atoms with Crippen LogP contribution in [0.15, 0.2) is 30.7 Å². The van der Waals surface area contributed by atoms with Gasteiger partial charge in [0.05, 0.1) is 17.1 Å². The van der Waals surface area contributed by atoms with E-state index in [2.05, 4.69) is 24.5 Å². The normalized spacial score (nSPS) is 22.4. The Bertz CT molecular complexity index is 1380. The van der Waals surface area contributed by atoms with E-state index >= 15 is 0 Å². The summed E-state index contributed by atoms with van der Waals surface area (Å²) >= 11 is 0. The summed E-state index contributed by atoms with van der Waals surface area (Å²) < 4.78 is 47.4.